The molecule has 0 spiro atoms. The van der Waals surface area contributed by atoms with E-state index in [2.05, 4.69) is 48.4 Å². The molecule has 0 aliphatic heterocycles. The van der Waals surface area contributed by atoms with Crippen LogP contribution < -0.4 is 5.32 Å². The first-order valence-corrected chi connectivity index (χ1v) is 8.29. The maximum Gasteiger partial charge on any atom is 0.223 e. The molecule has 0 saturated heterocycles. The molecule has 2 atom stereocenters. The minimum atomic E-state index is 0.124. The first kappa shape index (κ1) is 15.7. The van der Waals surface area contributed by atoms with E-state index in [-0.39, 0.29) is 11.8 Å². The lowest BCUT2D eigenvalue weighted by Gasteiger charge is -2.10. The molecule has 23 heavy (non-hydrogen) atoms. The van der Waals surface area contributed by atoms with E-state index in [9.17, 15) is 4.79 Å². The Kier molecular flexibility index (Phi) is 4.46. The zero-order valence-corrected chi connectivity index (χ0v) is 14.0. The maximum absolute atomic E-state index is 12.3. The summed E-state index contributed by atoms with van der Waals surface area (Å²) in [6.45, 7) is 6.92. The molecule has 2 unspecified atom stereocenters. The SMILES string of the molecule is Cc1ccccc1C1CC1C(=O)NCCc1nncn1C(C)C. The van der Waals surface area contributed by atoms with Crippen LogP contribution in [-0.4, -0.2) is 27.2 Å². The van der Waals surface area contributed by atoms with Crippen LogP contribution in [0, 0.1) is 12.8 Å². The highest BCUT2D eigenvalue weighted by Crippen LogP contribution is 2.48. The summed E-state index contributed by atoms with van der Waals surface area (Å²) in [5.74, 6) is 1.59. The molecule has 5 heteroatoms. The Bertz CT molecular complexity index is 692. The topological polar surface area (TPSA) is 59.8 Å². The predicted molar refractivity (Wildman–Crippen MR) is 89.1 cm³/mol. The van der Waals surface area contributed by atoms with Crippen LogP contribution in [0.25, 0.3) is 0 Å². The summed E-state index contributed by atoms with van der Waals surface area (Å²) in [7, 11) is 0. The molecule has 5 nitrogen and oxygen atoms in total. The van der Waals surface area contributed by atoms with E-state index in [1.54, 1.807) is 6.33 Å². The van der Waals surface area contributed by atoms with Crippen LogP contribution in [-0.2, 0) is 11.2 Å². The average Bonchev–Trinajstić information content (AvgIpc) is 3.17. The van der Waals surface area contributed by atoms with Gasteiger partial charge in [0.25, 0.3) is 0 Å². The van der Waals surface area contributed by atoms with Crippen LogP contribution >= 0.6 is 0 Å². The zero-order chi connectivity index (χ0) is 16.4. The van der Waals surface area contributed by atoms with Crippen LogP contribution in [0.2, 0.25) is 0 Å². The largest absolute Gasteiger partial charge is 0.355 e. The molecule has 1 heterocycles. The second-order valence-corrected chi connectivity index (χ2v) is 6.59. The number of aromatic nitrogens is 3. The number of carbonyl (C=O) groups is 1. The summed E-state index contributed by atoms with van der Waals surface area (Å²) in [6.07, 6.45) is 3.42. The molecule has 122 valence electrons. The van der Waals surface area contributed by atoms with Crippen LogP contribution in [0.15, 0.2) is 30.6 Å². The molecule has 1 aliphatic carbocycles. The number of aryl methyl sites for hydroxylation is 1. The summed E-state index contributed by atoms with van der Waals surface area (Å²) in [4.78, 5) is 12.3. The first-order valence-electron chi connectivity index (χ1n) is 8.29. The van der Waals surface area contributed by atoms with Gasteiger partial charge in [-0.05, 0) is 44.2 Å². The number of rotatable bonds is 6. The molecule has 1 N–H and O–H groups in total. The highest BCUT2D eigenvalue weighted by molar-refractivity contribution is 5.83. The van der Waals surface area contributed by atoms with Gasteiger partial charge < -0.3 is 9.88 Å². The minimum Gasteiger partial charge on any atom is -0.355 e. The summed E-state index contributed by atoms with van der Waals surface area (Å²) in [6, 6.07) is 8.68. The van der Waals surface area contributed by atoms with E-state index >= 15 is 0 Å². The van der Waals surface area contributed by atoms with Gasteiger partial charge >= 0.3 is 0 Å². The number of nitrogens with one attached hydrogen (secondary N) is 1. The molecular weight excluding hydrogens is 288 g/mol. The van der Waals surface area contributed by atoms with Gasteiger partial charge in [-0.3, -0.25) is 4.79 Å². The number of benzene rings is 1. The molecule has 1 fully saturated rings. The lowest BCUT2D eigenvalue weighted by Crippen LogP contribution is -2.28. The van der Waals surface area contributed by atoms with Gasteiger partial charge in [0.05, 0.1) is 0 Å². The van der Waals surface area contributed by atoms with Gasteiger partial charge in [0.15, 0.2) is 0 Å². The Morgan fingerprint density at radius 3 is 2.91 bits per heavy atom. The molecule has 1 saturated carbocycles. The van der Waals surface area contributed by atoms with Gasteiger partial charge in [0.1, 0.15) is 12.2 Å². The van der Waals surface area contributed by atoms with Crippen molar-refractivity contribution in [3.05, 3.63) is 47.5 Å². The summed E-state index contributed by atoms with van der Waals surface area (Å²) < 4.78 is 2.04. The lowest BCUT2D eigenvalue weighted by atomic mass is 10.0. The molecule has 3 rings (SSSR count). The number of amides is 1. The first-order chi connectivity index (χ1) is 11.1. The van der Waals surface area contributed by atoms with Crippen LogP contribution in [0.4, 0.5) is 0 Å². The predicted octanol–water partition coefficient (Wildman–Crippen LogP) is 2.63. The molecule has 2 aromatic rings. The fourth-order valence-corrected chi connectivity index (χ4v) is 3.14. The minimum absolute atomic E-state index is 0.124. The molecular formula is C18H24N4O. The van der Waals surface area contributed by atoms with Crippen molar-refractivity contribution in [2.24, 2.45) is 5.92 Å². The van der Waals surface area contributed by atoms with Crippen molar-refractivity contribution in [2.45, 2.75) is 45.6 Å². The van der Waals surface area contributed by atoms with Gasteiger partial charge in [-0.15, -0.1) is 10.2 Å². The Labute approximate surface area is 137 Å². The quantitative estimate of drug-likeness (QED) is 0.892. The Morgan fingerprint density at radius 1 is 1.39 bits per heavy atom. The molecule has 1 aromatic heterocycles. The van der Waals surface area contributed by atoms with Crippen molar-refractivity contribution in [1.29, 1.82) is 0 Å². The van der Waals surface area contributed by atoms with Crippen molar-refractivity contribution in [2.75, 3.05) is 6.54 Å². The van der Waals surface area contributed by atoms with Gasteiger partial charge in [-0.2, -0.15) is 0 Å². The lowest BCUT2D eigenvalue weighted by molar-refractivity contribution is -0.122. The standard InChI is InChI=1S/C18H24N4O/c1-12(2)22-11-20-21-17(22)8-9-19-18(23)16-10-15(16)14-7-5-4-6-13(14)3/h4-7,11-12,15-16H,8-10H2,1-3H3,(H,19,23). The van der Waals surface area contributed by atoms with Crippen LogP contribution in [0.1, 0.15) is 49.2 Å². The zero-order valence-electron chi connectivity index (χ0n) is 14.0. The molecule has 0 radical (unpaired) electrons. The van der Waals surface area contributed by atoms with E-state index in [4.69, 9.17) is 0 Å². The van der Waals surface area contributed by atoms with E-state index in [0.29, 0.717) is 24.9 Å². The Morgan fingerprint density at radius 2 is 2.17 bits per heavy atom. The third-order valence-corrected chi connectivity index (χ3v) is 4.57. The van der Waals surface area contributed by atoms with E-state index in [1.807, 2.05) is 16.7 Å². The molecule has 1 aliphatic rings. The average molecular weight is 312 g/mol. The van der Waals surface area contributed by atoms with Crippen molar-refractivity contribution in [1.82, 2.24) is 20.1 Å². The van der Waals surface area contributed by atoms with Gasteiger partial charge in [-0.25, -0.2) is 0 Å². The Balaban J connectivity index is 1.50. The van der Waals surface area contributed by atoms with Crippen LogP contribution in [0.5, 0.6) is 0 Å². The summed E-state index contributed by atoms with van der Waals surface area (Å²) in [5, 5.41) is 11.1. The number of hydrogen-bond acceptors (Lipinski definition) is 3. The van der Waals surface area contributed by atoms with E-state index in [0.717, 1.165) is 12.2 Å². The highest BCUT2D eigenvalue weighted by atomic mass is 16.2. The number of hydrogen-bond donors (Lipinski definition) is 1. The highest BCUT2D eigenvalue weighted by Gasteiger charge is 2.44. The van der Waals surface area contributed by atoms with Crippen molar-refractivity contribution >= 4 is 5.91 Å². The molecule has 0 bridgehead atoms. The number of carbonyl (C=O) groups excluding carboxylic acids is 1. The normalized spacial score (nSPS) is 19.8. The van der Waals surface area contributed by atoms with Crippen molar-refractivity contribution < 1.29 is 4.79 Å². The molecule has 1 aromatic carbocycles. The second kappa shape index (κ2) is 6.52. The van der Waals surface area contributed by atoms with Gasteiger partial charge in [0, 0.05) is 24.9 Å². The monoisotopic (exact) mass is 312 g/mol. The number of nitrogens with zero attached hydrogens (tertiary/aromatic N) is 3. The fourth-order valence-electron chi connectivity index (χ4n) is 3.14. The second-order valence-electron chi connectivity index (χ2n) is 6.59. The van der Waals surface area contributed by atoms with Gasteiger partial charge in [0.2, 0.25) is 5.91 Å². The molecule has 1 amide bonds. The third-order valence-electron chi connectivity index (χ3n) is 4.57. The fraction of sp³-hybridized carbons (Fsp3) is 0.500. The third kappa shape index (κ3) is 3.44. The van der Waals surface area contributed by atoms with Gasteiger partial charge in [-0.1, -0.05) is 24.3 Å². The summed E-state index contributed by atoms with van der Waals surface area (Å²) >= 11 is 0. The van der Waals surface area contributed by atoms with E-state index < -0.39 is 0 Å². The van der Waals surface area contributed by atoms with E-state index in [1.165, 1.54) is 11.1 Å². The summed E-state index contributed by atoms with van der Waals surface area (Å²) in [5.41, 5.74) is 2.59. The smallest absolute Gasteiger partial charge is 0.223 e. The Hall–Kier alpha value is -2.17. The van der Waals surface area contributed by atoms with Crippen molar-refractivity contribution in [3.63, 3.8) is 0 Å². The van der Waals surface area contributed by atoms with Crippen molar-refractivity contribution in [3.8, 4) is 0 Å². The maximum atomic E-state index is 12.3. The van der Waals surface area contributed by atoms with Crippen LogP contribution in [0.3, 0.4) is 0 Å².